The lowest BCUT2D eigenvalue weighted by Gasteiger charge is -2.51. The van der Waals surface area contributed by atoms with Gasteiger partial charge in [-0.2, -0.15) is 0 Å². The predicted molar refractivity (Wildman–Crippen MR) is 138 cm³/mol. The molecule has 9 heteroatoms. The number of nitrogens with zero attached hydrogens (tertiary/aromatic N) is 1. The van der Waals surface area contributed by atoms with Gasteiger partial charge in [-0.3, -0.25) is 14.5 Å². The van der Waals surface area contributed by atoms with Crippen LogP contribution >= 0.6 is 0 Å². The second kappa shape index (κ2) is 8.94. The molecule has 0 spiro atoms. The van der Waals surface area contributed by atoms with Crippen molar-refractivity contribution in [3.63, 3.8) is 0 Å². The van der Waals surface area contributed by atoms with Gasteiger partial charge in [-0.1, -0.05) is 17.9 Å². The van der Waals surface area contributed by atoms with Crippen molar-refractivity contribution in [2.24, 2.45) is 17.6 Å². The highest BCUT2D eigenvalue weighted by atomic mass is 16.3. The number of ketones is 1. The van der Waals surface area contributed by atoms with Crippen molar-refractivity contribution in [2.45, 2.75) is 30.9 Å². The number of fused-ring (bicyclic) bond motifs is 3. The standard InChI is InChI=1S/C29H28N2O7/c1-31(2)24-20-12-16-11-18-15(7-6-14-4-3-5-17(32)10-14)8-9-21(33)23(18)26(35)22(16)27(36)29(20,38)13-19(25(24)34)28(30)37/h3-5,8-10,16,20,24,32-35,38H,11-13H2,1-2H3,(H2,30,37). The first-order chi connectivity index (χ1) is 17.9. The van der Waals surface area contributed by atoms with E-state index in [0.29, 0.717) is 16.7 Å². The van der Waals surface area contributed by atoms with Gasteiger partial charge in [0, 0.05) is 29.0 Å². The fourth-order valence-electron chi connectivity index (χ4n) is 6.17. The Bertz CT molecular complexity index is 1510. The van der Waals surface area contributed by atoms with E-state index < -0.39 is 47.3 Å². The number of amides is 1. The maximum absolute atomic E-state index is 13.8. The minimum atomic E-state index is -2.08. The molecule has 0 aromatic heterocycles. The molecule has 0 heterocycles. The van der Waals surface area contributed by atoms with Crippen LogP contribution in [0.25, 0.3) is 5.76 Å². The van der Waals surface area contributed by atoms with Crippen molar-refractivity contribution in [2.75, 3.05) is 14.1 Å². The molecule has 3 aliphatic carbocycles. The molecule has 3 aliphatic rings. The van der Waals surface area contributed by atoms with Crippen molar-refractivity contribution < 1.29 is 35.1 Å². The SMILES string of the molecule is CN(C)C1C(O)=C(C(N)=O)CC2(O)C(=O)C3=C(O)c4c(O)ccc(C#Cc5cccc(O)c5)c4CC3CC12. The van der Waals surface area contributed by atoms with Crippen molar-refractivity contribution in [1.29, 1.82) is 0 Å². The molecule has 0 bridgehead atoms. The van der Waals surface area contributed by atoms with E-state index in [1.54, 1.807) is 37.2 Å². The van der Waals surface area contributed by atoms with Crippen LogP contribution in [0, 0.1) is 23.7 Å². The number of hydrogen-bond acceptors (Lipinski definition) is 8. The molecule has 1 fully saturated rings. The molecular formula is C29H28N2O7. The summed E-state index contributed by atoms with van der Waals surface area (Å²) in [6.07, 6.45) is -0.00626. The first-order valence-corrected chi connectivity index (χ1v) is 12.2. The third kappa shape index (κ3) is 3.81. The zero-order valence-corrected chi connectivity index (χ0v) is 20.9. The number of phenolic OH excluding ortho intramolecular Hbond substituents is 2. The maximum Gasteiger partial charge on any atom is 0.248 e. The number of Topliss-reactive ketones (excluding diaryl/α,β-unsaturated/α-hetero) is 1. The number of nitrogens with two attached hydrogens (primary N) is 1. The molecule has 4 unspecified atom stereocenters. The molecule has 1 saturated carbocycles. The van der Waals surface area contributed by atoms with Crippen LogP contribution in [-0.2, 0) is 16.0 Å². The molecule has 0 aliphatic heterocycles. The average Bonchev–Trinajstić information content (AvgIpc) is 2.84. The number of carbonyl (C=O) groups is 2. The molecule has 4 atom stereocenters. The van der Waals surface area contributed by atoms with E-state index in [9.17, 15) is 35.1 Å². The van der Waals surface area contributed by atoms with Crippen LogP contribution in [0.15, 0.2) is 53.3 Å². The van der Waals surface area contributed by atoms with Gasteiger partial charge < -0.3 is 31.3 Å². The molecule has 1 amide bonds. The van der Waals surface area contributed by atoms with Crippen molar-refractivity contribution in [1.82, 2.24) is 4.90 Å². The van der Waals surface area contributed by atoms with Crippen molar-refractivity contribution in [3.05, 3.63) is 75.6 Å². The zero-order chi connectivity index (χ0) is 27.5. The molecule has 5 rings (SSSR count). The summed E-state index contributed by atoms with van der Waals surface area (Å²) in [4.78, 5) is 27.5. The number of phenols is 2. The molecule has 196 valence electrons. The number of aliphatic hydroxyl groups is 3. The first kappa shape index (κ1) is 25.4. The normalized spacial score (nSPS) is 26.3. The fourth-order valence-corrected chi connectivity index (χ4v) is 6.17. The Morgan fingerprint density at radius 1 is 1.11 bits per heavy atom. The van der Waals surface area contributed by atoms with Gasteiger partial charge in [0.15, 0.2) is 5.78 Å². The smallest absolute Gasteiger partial charge is 0.248 e. The molecule has 0 saturated heterocycles. The van der Waals surface area contributed by atoms with E-state index in [0.717, 1.165) is 0 Å². The Hall–Kier alpha value is -4.26. The number of benzene rings is 2. The number of rotatable bonds is 2. The topological polar surface area (TPSA) is 165 Å². The number of aliphatic hydroxyl groups excluding tert-OH is 2. The highest BCUT2D eigenvalue weighted by Gasteiger charge is 2.60. The summed E-state index contributed by atoms with van der Waals surface area (Å²) in [6, 6.07) is 8.60. The average molecular weight is 517 g/mol. The van der Waals surface area contributed by atoms with Gasteiger partial charge in [-0.05, 0) is 68.8 Å². The quantitative estimate of drug-likeness (QED) is 0.330. The van der Waals surface area contributed by atoms with Gasteiger partial charge in [-0.25, -0.2) is 0 Å². The minimum Gasteiger partial charge on any atom is -0.510 e. The second-order valence-corrected chi connectivity index (χ2v) is 10.4. The summed E-state index contributed by atoms with van der Waals surface area (Å²) < 4.78 is 0. The van der Waals surface area contributed by atoms with Crippen LogP contribution in [0.5, 0.6) is 11.5 Å². The number of hydrogen-bond donors (Lipinski definition) is 6. The second-order valence-electron chi connectivity index (χ2n) is 10.4. The van der Waals surface area contributed by atoms with Crippen LogP contribution < -0.4 is 5.73 Å². The lowest BCUT2D eigenvalue weighted by Crippen LogP contribution is -2.62. The molecule has 2 aromatic rings. The highest BCUT2D eigenvalue weighted by molar-refractivity contribution is 6.10. The number of aromatic hydroxyl groups is 2. The number of carbonyl (C=O) groups excluding carboxylic acids is 2. The van der Waals surface area contributed by atoms with Crippen molar-refractivity contribution in [3.8, 4) is 23.3 Å². The summed E-state index contributed by atoms with van der Waals surface area (Å²) >= 11 is 0. The van der Waals surface area contributed by atoms with Gasteiger partial charge in [0.1, 0.15) is 28.6 Å². The molecule has 7 N–H and O–H groups in total. The van der Waals surface area contributed by atoms with Gasteiger partial charge >= 0.3 is 0 Å². The summed E-state index contributed by atoms with van der Waals surface area (Å²) in [5.74, 6) is 2.14. The largest absolute Gasteiger partial charge is 0.510 e. The van der Waals surface area contributed by atoms with Crippen LogP contribution in [-0.4, -0.2) is 67.9 Å². The third-order valence-electron chi connectivity index (χ3n) is 7.89. The third-order valence-corrected chi connectivity index (χ3v) is 7.89. The Balaban J connectivity index is 1.64. The molecule has 9 nitrogen and oxygen atoms in total. The van der Waals surface area contributed by atoms with Crippen LogP contribution in [0.4, 0.5) is 0 Å². The van der Waals surface area contributed by atoms with Crippen LogP contribution in [0.3, 0.4) is 0 Å². The van der Waals surface area contributed by atoms with Crippen molar-refractivity contribution >= 4 is 17.4 Å². The minimum absolute atomic E-state index is 0.0210. The van der Waals surface area contributed by atoms with Crippen LogP contribution in [0.2, 0.25) is 0 Å². The van der Waals surface area contributed by atoms with Gasteiger partial charge in [0.2, 0.25) is 5.91 Å². The summed E-state index contributed by atoms with van der Waals surface area (Å²) in [7, 11) is 3.34. The van der Waals surface area contributed by atoms with E-state index in [2.05, 4.69) is 11.8 Å². The lowest BCUT2D eigenvalue weighted by atomic mass is 9.57. The summed E-state index contributed by atoms with van der Waals surface area (Å²) in [6.45, 7) is 0. The maximum atomic E-state index is 13.8. The van der Waals surface area contributed by atoms with E-state index in [-0.39, 0.29) is 46.8 Å². The lowest BCUT2D eigenvalue weighted by molar-refractivity contribution is -0.151. The fraction of sp³-hybridized carbons (Fsp3) is 0.310. The Kier molecular flexibility index (Phi) is 5.97. The Labute approximate surface area is 219 Å². The van der Waals surface area contributed by atoms with Gasteiger partial charge in [0.25, 0.3) is 0 Å². The van der Waals surface area contributed by atoms with Gasteiger partial charge in [-0.15, -0.1) is 0 Å². The predicted octanol–water partition coefficient (Wildman–Crippen LogP) is 1.89. The number of primary amides is 1. The van der Waals surface area contributed by atoms with Gasteiger partial charge in [0.05, 0.1) is 17.2 Å². The van der Waals surface area contributed by atoms with E-state index >= 15 is 0 Å². The monoisotopic (exact) mass is 516 g/mol. The summed E-state index contributed by atoms with van der Waals surface area (Å²) in [5, 5.41) is 54.3. The van der Waals surface area contributed by atoms with E-state index in [4.69, 9.17) is 5.73 Å². The molecular weight excluding hydrogens is 488 g/mol. The number of likely N-dealkylation sites (N-methyl/N-ethyl adjacent to an activating group) is 1. The van der Waals surface area contributed by atoms with E-state index in [1.165, 1.54) is 18.2 Å². The molecule has 38 heavy (non-hydrogen) atoms. The van der Waals surface area contributed by atoms with Crippen LogP contribution in [0.1, 0.15) is 35.1 Å². The highest BCUT2D eigenvalue weighted by Crippen LogP contribution is 2.53. The van der Waals surface area contributed by atoms with E-state index in [1.807, 2.05) is 0 Å². The summed E-state index contributed by atoms with van der Waals surface area (Å²) in [5.41, 5.74) is 4.87. The Morgan fingerprint density at radius 3 is 2.50 bits per heavy atom. The molecule has 0 radical (unpaired) electrons. The Morgan fingerprint density at radius 2 is 1.84 bits per heavy atom. The first-order valence-electron chi connectivity index (χ1n) is 12.2. The molecule has 2 aromatic carbocycles. The zero-order valence-electron chi connectivity index (χ0n) is 20.9.